The molecule has 18 heavy (non-hydrogen) atoms. The molecule has 2 nitrogen and oxygen atoms in total. The number of benzene rings is 1. The van der Waals surface area contributed by atoms with Gasteiger partial charge in [-0.25, -0.2) is 0 Å². The van der Waals surface area contributed by atoms with Crippen molar-refractivity contribution < 1.29 is 0 Å². The van der Waals surface area contributed by atoms with Gasteiger partial charge in [0.1, 0.15) is 0 Å². The lowest BCUT2D eigenvalue weighted by molar-refractivity contribution is 0.169. The summed E-state index contributed by atoms with van der Waals surface area (Å²) in [5.41, 5.74) is 1.45. The first-order valence-corrected chi connectivity index (χ1v) is 7.24. The molecular weight excluding hydrogens is 220 g/mol. The Morgan fingerprint density at radius 2 is 2.00 bits per heavy atom. The minimum atomic E-state index is 0.621. The van der Waals surface area contributed by atoms with Crippen molar-refractivity contribution in [3.8, 4) is 0 Å². The van der Waals surface area contributed by atoms with Crippen LogP contribution in [0.2, 0.25) is 0 Å². The van der Waals surface area contributed by atoms with E-state index in [0.717, 1.165) is 12.5 Å². The van der Waals surface area contributed by atoms with Gasteiger partial charge in [-0.3, -0.25) is 0 Å². The SMILES string of the molecule is CC(Cc1ccccc1)N(C)C1CCCNCC1. The first-order valence-electron chi connectivity index (χ1n) is 7.24. The second-order valence-corrected chi connectivity index (χ2v) is 5.54. The van der Waals surface area contributed by atoms with Crippen molar-refractivity contribution in [2.75, 3.05) is 20.1 Å². The Labute approximate surface area is 111 Å². The Hall–Kier alpha value is -0.860. The second kappa shape index (κ2) is 6.91. The fourth-order valence-electron chi connectivity index (χ4n) is 2.87. The highest BCUT2D eigenvalue weighted by Gasteiger charge is 2.20. The molecule has 1 aliphatic rings. The van der Waals surface area contributed by atoms with Gasteiger partial charge in [0, 0.05) is 12.1 Å². The quantitative estimate of drug-likeness (QED) is 0.878. The van der Waals surface area contributed by atoms with Gasteiger partial charge in [0.05, 0.1) is 0 Å². The van der Waals surface area contributed by atoms with Crippen LogP contribution in [0.5, 0.6) is 0 Å². The third-order valence-corrected chi connectivity index (χ3v) is 4.19. The normalized spacial score (nSPS) is 22.7. The second-order valence-electron chi connectivity index (χ2n) is 5.54. The molecular formula is C16H26N2. The zero-order valence-corrected chi connectivity index (χ0v) is 11.7. The van der Waals surface area contributed by atoms with E-state index in [1.807, 2.05) is 0 Å². The Bertz CT molecular complexity index is 328. The zero-order valence-electron chi connectivity index (χ0n) is 11.7. The lowest BCUT2D eigenvalue weighted by Gasteiger charge is -2.32. The minimum Gasteiger partial charge on any atom is -0.317 e. The first-order chi connectivity index (χ1) is 8.77. The molecule has 0 aliphatic carbocycles. The molecule has 1 saturated heterocycles. The molecule has 1 aromatic carbocycles. The van der Waals surface area contributed by atoms with Gasteiger partial charge in [0.2, 0.25) is 0 Å². The van der Waals surface area contributed by atoms with Crippen LogP contribution in [-0.4, -0.2) is 37.1 Å². The summed E-state index contributed by atoms with van der Waals surface area (Å²) >= 11 is 0. The van der Waals surface area contributed by atoms with Crippen molar-refractivity contribution in [1.82, 2.24) is 10.2 Å². The maximum Gasteiger partial charge on any atom is 0.0108 e. The number of likely N-dealkylation sites (N-methyl/N-ethyl adjacent to an activating group) is 1. The standard InChI is InChI=1S/C16H26N2/c1-14(13-15-7-4-3-5-8-15)18(2)16-9-6-11-17-12-10-16/h3-5,7-8,14,16-17H,6,9-13H2,1-2H3. The number of nitrogens with one attached hydrogen (secondary N) is 1. The van der Waals surface area contributed by atoms with E-state index in [9.17, 15) is 0 Å². The number of hydrogen-bond acceptors (Lipinski definition) is 2. The van der Waals surface area contributed by atoms with E-state index in [2.05, 4.69) is 54.5 Å². The van der Waals surface area contributed by atoms with E-state index >= 15 is 0 Å². The third-order valence-electron chi connectivity index (χ3n) is 4.19. The maximum absolute atomic E-state index is 3.49. The molecule has 1 aliphatic heterocycles. The van der Waals surface area contributed by atoms with Gasteiger partial charge in [-0.1, -0.05) is 30.3 Å². The molecule has 1 fully saturated rings. The van der Waals surface area contributed by atoms with Crippen LogP contribution in [0.3, 0.4) is 0 Å². The highest BCUT2D eigenvalue weighted by atomic mass is 15.2. The molecule has 1 N–H and O–H groups in total. The van der Waals surface area contributed by atoms with E-state index in [1.54, 1.807) is 0 Å². The van der Waals surface area contributed by atoms with Crippen molar-refractivity contribution in [2.24, 2.45) is 0 Å². The monoisotopic (exact) mass is 246 g/mol. The predicted molar refractivity (Wildman–Crippen MR) is 77.9 cm³/mol. The Kier molecular flexibility index (Phi) is 5.21. The molecule has 100 valence electrons. The van der Waals surface area contributed by atoms with E-state index < -0.39 is 0 Å². The van der Waals surface area contributed by atoms with Crippen molar-refractivity contribution in [2.45, 2.75) is 44.7 Å². The van der Waals surface area contributed by atoms with Crippen LogP contribution < -0.4 is 5.32 Å². The minimum absolute atomic E-state index is 0.621. The smallest absolute Gasteiger partial charge is 0.0108 e. The van der Waals surface area contributed by atoms with E-state index in [1.165, 1.54) is 37.9 Å². The summed E-state index contributed by atoms with van der Waals surface area (Å²) in [6, 6.07) is 12.2. The van der Waals surface area contributed by atoms with Gasteiger partial charge in [0.15, 0.2) is 0 Å². The lowest BCUT2D eigenvalue weighted by Crippen LogP contribution is -2.40. The summed E-state index contributed by atoms with van der Waals surface area (Å²) in [4.78, 5) is 2.58. The first kappa shape index (κ1) is 13.6. The summed E-state index contributed by atoms with van der Waals surface area (Å²) in [6.07, 6.45) is 5.09. The van der Waals surface area contributed by atoms with Gasteiger partial charge in [-0.15, -0.1) is 0 Å². The zero-order chi connectivity index (χ0) is 12.8. The van der Waals surface area contributed by atoms with Gasteiger partial charge >= 0.3 is 0 Å². The highest BCUT2D eigenvalue weighted by Crippen LogP contribution is 2.16. The molecule has 0 bridgehead atoms. The van der Waals surface area contributed by atoms with Gasteiger partial charge in [-0.2, -0.15) is 0 Å². The summed E-state index contributed by atoms with van der Waals surface area (Å²) in [7, 11) is 2.30. The number of rotatable bonds is 4. The van der Waals surface area contributed by atoms with Crippen molar-refractivity contribution in [1.29, 1.82) is 0 Å². The van der Waals surface area contributed by atoms with Crippen LogP contribution in [0.1, 0.15) is 31.7 Å². The van der Waals surface area contributed by atoms with Crippen molar-refractivity contribution in [3.05, 3.63) is 35.9 Å². The molecule has 0 aromatic heterocycles. The molecule has 0 radical (unpaired) electrons. The summed E-state index contributed by atoms with van der Waals surface area (Å²) < 4.78 is 0. The van der Waals surface area contributed by atoms with Gasteiger partial charge < -0.3 is 10.2 Å². The van der Waals surface area contributed by atoms with E-state index in [4.69, 9.17) is 0 Å². The fourth-order valence-corrected chi connectivity index (χ4v) is 2.87. The third kappa shape index (κ3) is 3.82. The van der Waals surface area contributed by atoms with Crippen LogP contribution in [0.15, 0.2) is 30.3 Å². The summed E-state index contributed by atoms with van der Waals surface area (Å²) in [5, 5.41) is 3.49. The van der Waals surface area contributed by atoms with Crippen LogP contribution in [0.25, 0.3) is 0 Å². The lowest BCUT2D eigenvalue weighted by atomic mass is 10.0. The predicted octanol–water partition coefficient (Wildman–Crippen LogP) is 2.69. The van der Waals surface area contributed by atoms with E-state index in [0.29, 0.717) is 6.04 Å². The topological polar surface area (TPSA) is 15.3 Å². The van der Waals surface area contributed by atoms with Crippen LogP contribution in [-0.2, 0) is 6.42 Å². The van der Waals surface area contributed by atoms with E-state index in [-0.39, 0.29) is 0 Å². The molecule has 2 unspecified atom stereocenters. The highest BCUT2D eigenvalue weighted by molar-refractivity contribution is 5.15. The number of hydrogen-bond donors (Lipinski definition) is 1. The Morgan fingerprint density at radius 1 is 1.22 bits per heavy atom. The fraction of sp³-hybridized carbons (Fsp3) is 0.625. The average Bonchev–Trinajstić information content (AvgIpc) is 2.68. The molecule has 2 atom stereocenters. The van der Waals surface area contributed by atoms with Crippen LogP contribution in [0, 0.1) is 0 Å². The molecule has 0 spiro atoms. The molecule has 0 amide bonds. The molecule has 2 heteroatoms. The molecule has 0 saturated carbocycles. The molecule has 1 heterocycles. The van der Waals surface area contributed by atoms with Crippen LogP contribution in [0.4, 0.5) is 0 Å². The summed E-state index contributed by atoms with van der Waals surface area (Å²) in [5.74, 6) is 0. The van der Waals surface area contributed by atoms with Crippen molar-refractivity contribution >= 4 is 0 Å². The van der Waals surface area contributed by atoms with Gasteiger partial charge in [-0.05, 0) is 58.3 Å². The summed E-state index contributed by atoms with van der Waals surface area (Å²) in [6.45, 7) is 4.72. The maximum atomic E-state index is 3.49. The van der Waals surface area contributed by atoms with Crippen LogP contribution >= 0.6 is 0 Å². The Balaban J connectivity index is 1.89. The number of nitrogens with zero attached hydrogens (tertiary/aromatic N) is 1. The average molecular weight is 246 g/mol. The largest absolute Gasteiger partial charge is 0.317 e. The van der Waals surface area contributed by atoms with Gasteiger partial charge in [0.25, 0.3) is 0 Å². The molecule has 2 rings (SSSR count). The van der Waals surface area contributed by atoms with Crippen molar-refractivity contribution in [3.63, 3.8) is 0 Å². The molecule has 1 aromatic rings. The Morgan fingerprint density at radius 3 is 2.78 bits per heavy atom.